The van der Waals surface area contributed by atoms with Crippen LogP contribution in [0.25, 0.3) is 0 Å². The van der Waals surface area contributed by atoms with E-state index >= 15 is 0 Å². The molecule has 0 unspecified atom stereocenters. The first-order chi connectivity index (χ1) is 8.15. The monoisotopic (exact) mass is 326 g/mol. The highest BCUT2D eigenvalue weighted by Gasteiger charge is 2.38. The topological polar surface area (TPSA) is 32.3 Å². The van der Waals surface area contributed by atoms with Crippen molar-refractivity contribution in [2.45, 2.75) is 0 Å². The van der Waals surface area contributed by atoms with Gasteiger partial charge in [-0.1, -0.05) is 23.2 Å². The van der Waals surface area contributed by atoms with Crippen LogP contribution in [0.2, 0.25) is 8.67 Å². The summed E-state index contributed by atoms with van der Waals surface area (Å²) in [5.41, 5.74) is 0.551. The van der Waals surface area contributed by atoms with Gasteiger partial charge in [0.05, 0.1) is 9.90 Å². The molecule has 2 saturated heterocycles. The van der Waals surface area contributed by atoms with Gasteiger partial charge in [0.15, 0.2) is 0 Å². The third kappa shape index (κ3) is 2.49. The molecule has 0 bridgehead atoms. The highest BCUT2D eigenvalue weighted by Crippen LogP contribution is 2.34. The second-order valence-electron chi connectivity index (χ2n) is 4.63. The number of thiophene rings is 1. The molecule has 7 heteroatoms. The molecule has 1 amide bonds. The Morgan fingerprint density at radius 3 is 2.44 bits per heavy atom. The van der Waals surface area contributed by atoms with Crippen molar-refractivity contribution >= 4 is 52.9 Å². The Bertz CT molecular complexity index is 453. The number of carbonyl (C=O) groups is 1. The van der Waals surface area contributed by atoms with Gasteiger partial charge in [0.1, 0.15) is 4.34 Å². The van der Waals surface area contributed by atoms with E-state index in [9.17, 15) is 4.79 Å². The maximum absolute atomic E-state index is 12.3. The molecule has 3 nitrogen and oxygen atoms in total. The first kappa shape index (κ1) is 14.4. The van der Waals surface area contributed by atoms with Gasteiger partial charge in [-0.05, 0) is 17.9 Å². The summed E-state index contributed by atoms with van der Waals surface area (Å²) < 4.78 is 1.06. The predicted molar refractivity (Wildman–Crippen MR) is 77.3 cm³/mol. The second-order valence-corrected chi connectivity index (χ2v) is 6.91. The lowest BCUT2D eigenvalue weighted by Gasteiger charge is -2.16. The van der Waals surface area contributed by atoms with Crippen LogP contribution in [0.1, 0.15) is 10.4 Å². The van der Waals surface area contributed by atoms with E-state index in [-0.39, 0.29) is 18.3 Å². The first-order valence-electron chi connectivity index (χ1n) is 5.60. The maximum Gasteiger partial charge on any atom is 0.256 e. The van der Waals surface area contributed by atoms with Crippen molar-refractivity contribution in [1.82, 2.24) is 10.2 Å². The fourth-order valence-electron chi connectivity index (χ4n) is 2.68. The number of carbonyl (C=O) groups excluding carboxylic acids is 1. The number of hydrogen-bond acceptors (Lipinski definition) is 3. The zero-order chi connectivity index (χ0) is 12.0. The van der Waals surface area contributed by atoms with E-state index in [1.54, 1.807) is 6.07 Å². The Balaban J connectivity index is 0.00000120. The number of nitrogens with zero attached hydrogens (tertiary/aromatic N) is 1. The molecule has 1 aromatic heterocycles. The molecule has 1 aromatic rings. The minimum absolute atomic E-state index is 0. The van der Waals surface area contributed by atoms with E-state index in [1.165, 1.54) is 11.3 Å². The molecule has 0 spiro atoms. The van der Waals surface area contributed by atoms with Crippen LogP contribution in [0.3, 0.4) is 0 Å². The smallest absolute Gasteiger partial charge is 0.256 e. The summed E-state index contributed by atoms with van der Waals surface area (Å²) in [5, 5.41) is 3.36. The van der Waals surface area contributed by atoms with Gasteiger partial charge in [-0.25, -0.2) is 0 Å². The molecule has 0 aromatic carbocycles. The average molecular weight is 328 g/mol. The number of halogens is 3. The van der Waals surface area contributed by atoms with E-state index in [0.29, 0.717) is 26.1 Å². The maximum atomic E-state index is 12.3. The molecule has 2 atom stereocenters. The summed E-state index contributed by atoms with van der Waals surface area (Å²) in [6.45, 7) is 3.71. The highest BCUT2D eigenvalue weighted by molar-refractivity contribution is 7.20. The lowest BCUT2D eigenvalue weighted by atomic mass is 10.0. The largest absolute Gasteiger partial charge is 0.338 e. The Kier molecular flexibility index (Phi) is 4.44. The van der Waals surface area contributed by atoms with Gasteiger partial charge in [0, 0.05) is 26.2 Å². The van der Waals surface area contributed by atoms with Gasteiger partial charge in [0.25, 0.3) is 5.91 Å². The van der Waals surface area contributed by atoms with Crippen LogP contribution >= 0.6 is 46.9 Å². The Labute approximate surface area is 126 Å². The Morgan fingerprint density at radius 2 is 1.94 bits per heavy atom. The van der Waals surface area contributed by atoms with Crippen molar-refractivity contribution in [2.24, 2.45) is 11.8 Å². The lowest BCUT2D eigenvalue weighted by molar-refractivity contribution is 0.0782. The van der Waals surface area contributed by atoms with Crippen LogP contribution in [0, 0.1) is 11.8 Å². The summed E-state index contributed by atoms with van der Waals surface area (Å²) in [6, 6.07) is 1.67. The van der Waals surface area contributed by atoms with Gasteiger partial charge in [-0.15, -0.1) is 23.7 Å². The molecule has 18 heavy (non-hydrogen) atoms. The van der Waals surface area contributed by atoms with Crippen LogP contribution in [-0.2, 0) is 0 Å². The average Bonchev–Trinajstić information content (AvgIpc) is 2.90. The number of fused-ring (bicyclic) bond motifs is 1. The first-order valence-corrected chi connectivity index (χ1v) is 7.17. The van der Waals surface area contributed by atoms with Crippen molar-refractivity contribution < 1.29 is 4.79 Å². The quantitative estimate of drug-likeness (QED) is 0.860. The number of rotatable bonds is 1. The molecule has 0 radical (unpaired) electrons. The minimum atomic E-state index is 0. The normalized spacial score (nSPS) is 26.0. The summed E-state index contributed by atoms with van der Waals surface area (Å²) in [6.07, 6.45) is 0. The van der Waals surface area contributed by atoms with E-state index in [2.05, 4.69) is 5.32 Å². The van der Waals surface area contributed by atoms with Gasteiger partial charge in [0.2, 0.25) is 0 Å². The summed E-state index contributed by atoms with van der Waals surface area (Å²) >= 11 is 13.1. The lowest BCUT2D eigenvalue weighted by Crippen LogP contribution is -2.31. The van der Waals surface area contributed by atoms with Crippen molar-refractivity contribution in [2.75, 3.05) is 26.2 Å². The van der Waals surface area contributed by atoms with Crippen molar-refractivity contribution in [1.29, 1.82) is 0 Å². The molecular weight excluding hydrogens is 315 g/mol. The predicted octanol–water partition coefficient (Wildman–Crippen LogP) is 2.77. The Hall–Kier alpha value is -0.000000000000000104. The fraction of sp³-hybridized carbons (Fsp3) is 0.545. The molecule has 3 rings (SSSR count). The van der Waals surface area contributed by atoms with Gasteiger partial charge in [-0.3, -0.25) is 4.79 Å². The Morgan fingerprint density at radius 1 is 1.33 bits per heavy atom. The second kappa shape index (κ2) is 5.55. The van der Waals surface area contributed by atoms with Gasteiger partial charge < -0.3 is 10.2 Å². The third-order valence-corrected chi connectivity index (χ3v) is 5.05. The number of hydrogen-bond donors (Lipinski definition) is 1. The molecule has 100 valence electrons. The van der Waals surface area contributed by atoms with Crippen molar-refractivity contribution in [3.63, 3.8) is 0 Å². The zero-order valence-electron chi connectivity index (χ0n) is 9.49. The van der Waals surface area contributed by atoms with Gasteiger partial charge in [-0.2, -0.15) is 0 Å². The molecule has 2 aliphatic heterocycles. The van der Waals surface area contributed by atoms with Crippen LogP contribution in [0.15, 0.2) is 6.07 Å². The number of amides is 1. The standard InChI is InChI=1S/C11H12Cl2N2OS.ClH/c12-9-1-8(10(13)17-9)11(16)15-4-6-2-14-3-7(6)5-15;/h1,6-7,14H,2-5H2;1H/t6-,7+;. The number of nitrogens with one attached hydrogen (secondary N) is 1. The van der Waals surface area contributed by atoms with E-state index < -0.39 is 0 Å². The molecule has 0 saturated carbocycles. The van der Waals surface area contributed by atoms with E-state index in [1.807, 2.05) is 4.90 Å². The van der Waals surface area contributed by atoms with Crippen molar-refractivity contribution in [3.05, 3.63) is 20.3 Å². The zero-order valence-corrected chi connectivity index (χ0v) is 12.6. The summed E-state index contributed by atoms with van der Waals surface area (Å²) in [5.74, 6) is 1.23. The van der Waals surface area contributed by atoms with Crippen LogP contribution in [0.5, 0.6) is 0 Å². The summed E-state index contributed by atoms with van der Waals surface area (Å²) in [7, 11) is 0. The van der Waals surface area contributed by atoms with Crippen LogP contribution < -0.4 is 5.32 Å². The summed E-state index contributed by atoms with van der Waals surface area (Å²) in [4.78, 5) is 14.2. The molecule has 3 heterocycles. The van der Waals surface area contributed by atoms with Crippen LogP contribution in [0.4, 0.5) is 0 Å². The SMILES string of the molecule is Cl.O=C(c1cc(Cl)sc1Cl)N1C[C@H]2CNC[C@H]2C1. The molecule has 0 aliphatic carbocycles. The molecule has 2 fully saturated rings. The van der Waals surface area contributed by atoms with Crippen LogP contribution in [-0.4, -0.2) is 37.0 Å². The minimum Gasteiger partial charge on any atom is -0.338 e. The van der Waals surface area contributed by atoms with E-state index in [0.717, 1.165) is 26.2 Å². The molecule has 1 N–H and O–H groups in total. The number of likely N-dealkylation sites (tertiary alicyclic amines) is 1. The highest BCUT2D eigenvalue weighted by atomic mass is 35.5. The fourth-order valence-corrected chi connectivity index (χ4v) is 4.13. The van der Waals surface area contributed by atoms with Crippen molar-refractivity contribution in [3.8, 4) is 0 Å². The molecule has 2 aliphatic rings. The van der Waals surface area contributed by atoms with E-state index in [4.69, 9.17) is 23.2 Å². The molecular formula is C11H13Cl3N2OS. The third-order valence-electron chi connectivity index (χ3n) is 3.56. The van der Waals surface area contributed by atoms with Gasteiger partial charge >= 0.3 is 0 Å².